The van der Waals surface area contributed by atoms with Gasteiger partial charge in [0.05, 0.1) is 18.3 Å². The van der Waals surface area contributed by atoms with Crippen LogP contribution in [0.1, 0.15) is 31.2 Å². The van der Waals surface area contributed by atoms with E-state index in [2.05, 4.69) is 0 Å². The first-order chi connectivity index (χ1) is 10.1. The summed E-state index contributed by atoms with van der Waals surface area (Å²) in [4.78, 5) is 10.9. The highest BCUT2D eigenvalue weighted by molar-refractivity contribution is 5.67. The van der Waals surface area contributed by atoms with Gasteiger partial charge in [0, 0.05) is 11.8 Å². The molecule has 114 valence electrons. The van der Waals surface area contributed by atoms with E-state index in [1.165, 1.54) is 5.56 Å². The molecule has 0 heterocycles. The molecule has 1 aromatic rings. The van der Waals surface area contributed by atoms with Crippen LogP contribution in [0.5, 0.6) is 0 Å². The lowest BCUT2D eigenvalue weighted by Crippen LogP contribution is -2.23. The van der Waals surface area contributed by atoms with Gasteiger partial charge >= 0.3 is 5.97 Å². The molecule has 0 bridgehead atoms. The van der Waals surface area contributed by atoms with Gasteiger partial charge in [-0.3, -0.25) is 4.79 Å². The molecule has 0 aliphatic heterocycles. The molecule has 0 radical (unpaired) electrons. The van der Waals surface area contributed by atoms with Crippen molar-refractivity contribution < 1.29 is 20.1 Å². The molecule has 0 aromatic heterocycles. The molecule has 21 heavy (non-hydrogen) atoms. The van der Waals surface area contributed by atoms with E-state index >= 15 is 0 Å². The second-order valence-corrected chi connectivity index (χ2v) is 5.67. The molecule has 1 aromatic carbocycles. The number of aliphatic carboxylic acids is 1. The number of carboxylic acids is 1. The smallest absolute Gasteiger partial charge is 0.303 e. The van der Waals surface area contributed by atoms with E-state index in [0.29, 0.717) is 19.3 Å². The molecule has 1 aliphatic carbocycles. The first-order valence-electron chi connectivity index (χ1n) is 7.40. The Labute approximate surface area is 124 Å². The summed E-state index contributed by atoms with van der Waals surface area (Å²) in [7, 11) is 0. The van der Waals surface area contributed by atoms with Gasteiger partial charge in [-0.1, -0.05) is 30.3 Å². The zero-order chi connectivity index (χ0) is 15.2. The first kappa shape index (κ1) is 15.6. The number of benzene rings is 1. The molecule has 3 N–H and O–H groups in total. The summed E-state index contributed by atoms with van der Waals surface area (Å²) in [6.45, 7) is 0. The molecule has 1 saturated carbocycles. The number of hydrogen-bond acceptors (Lipinski definition) is 3. The van der Waals surface area contributed by atoms with Crippen LogP contribution in [0.25, 0.3) is 0 Å². The SMILES string of the molecule is O=C(O)C[C@@H]1[C@@H](C(O)=CCCc2ccccc2)CC[C@@H]1O. The molecule has 0 unspecified atom stereocenters. The monoisotopic (exact) mass is 290 g/mol. The first-order valence-corrected chi connectivity index (χ1v) is 7.40. The fourth-order valence-electron chi connectivity index (χ4n) is 3.08. The minimum Gasteiger partial charge on any atom is -0.512 e. The summed E-state index contributed by atoms with van der Waals surface area (Å²) in [5.41, 5.74) is 1.20. The van der Waals surface area contributed by atoms with E-state index in [-0.39, 0.29) is 24.0 Å². The van der Waals surface area contributed by atoms with E-state index in [4.69, 9.17) is 5.11 Å². The molecular weight excluding hydrogens is 268 g/mol. The van der Waals surface area contributed by atoms with E-state index in [9.17, 15) is 15.0 Å². The maximum Gasteiger partial charge on any atom is 0.303 e. The second kappa shape index (κ2) is 7.27. The molecule has 1 aliphatic rings. The van der Waals surface area contributed by atoms with Crippen molar-refractivity contribution in [1.29, 1.82) is 0 Å². The normalized spacial score (nSPS) is 26.0. The van der Waals surface area contributed by atoms with Crippen molar-refractivity contribution in [3.05, 3.63) is 47.7 Å². The van der Waals surface area contributed by atoms with Crippen molar-refractivity contribution in [3.63, 3.8) is 0 Å². The topological polar surface area (TPSA) is 77.8 Å². The van der Waals surface area contributed by atoms with Gasteiger partial charge in [0.25, 0.3) is 0 Å². The van der Waals surface area contributed by atoms with E-state index in [0.717, 1.165) is 6.42 Å². The van der Waals surface area contributed by atoms with Crippen LogP contribution in [0.2, 0.25) is 0 Å². The Morgan fingerprint density at radius 1 is 1.19 bits per heavy atom. The number of allylic oxidation sites excluding steroid dienone is 2. The quantitative estimate of drug-likeness (QED) is 0.704. The number of aliphatic hydroxyl groups excluding tert-OH is 2. The largest absolute Gasteiger partial charge is 0.512 e. The standard InChI is InChI=1S/C17H22O4/c18-15(8-4-7-12-5-2-1-3-6-12)13-9-10-16(19)14(13)11-17(20)21/h1-3,5-6,8,13-14,16,18-19H,4,7,9-11H2,(H,20,21)/t13-,14+,16-/m0/s1. The fraction of sp³-hybridized carbons (Fsp3) is 0.471. The van der Waals surface area contributed by atoms with Crippen LogP contribution in [0.4, 0.5) is 0 Å². The van der Waals surface area contributed by atoms with Gasteiger partial charge in [0.2, 0.25) is 0 Å². The lowest BCUT2D eigenvalue weighted by atomic mass is 9.89. The summed E-state index contributed by atoms with van der Waals surface area (Å²) < 4.78 is 0. The van der Waals surface area contributed by atoms with E-state index < -0.39 is 12.1 Å². The van der Waals surface area contributed by atoms with Crippen LogP contribution < -0.4 is 0 Å². The molecule has 2 rings (SSSR count). The van der Waals surface area contributed by atoms with Crippen LogP contribution >= 0.6 is 0 Å². The Balaban J connectivity index is 1.93. The number of carboxylic acid groups (broad SMARTS) is 1. The van der Waals surface area contributed by atoms with Crippen molar-refractivity contribution in [2.75, 3.05) is 0 Å². The lowest BCUT2D eigenvalue weighted by Gasteiger charge is -2.19. The third kappa shape index (κ3) is 4.33. The van der Waals surface area contributed by atoms with Crippen LogP contribution in [-0.4, -0.2) is 27.4 Å². The highest BCUT2D eigenvalue weighted by atomic mass is 16.4. The van der Waals surface area contributed by atoms with Crippen LogP contribution in [-0.2, 0) is 11.2 Å². The van der Waals surface area contributed by atoms with Crippen molar-refractivity contribution in [1.82, 2.24) is 0 Å². The van der Waals surface area contributed by atoms with Crippen molar-refractivity contribution in [2.24, 2.45) is 11.8 Å². The van der Waals surface area contributed by atoms with Gasteiger partial charge in [-0.15, -0.1) is 0 Å². The van der Waals surface area contributed by atoms with Gasteiger partial charge < -0.3 is 15.3 Å². The zero-order valence-corrected chi connectivity index (χ0v) is 12.0. The number of hydrogen-bond donors (Lipinski definition) is 3. The Morgan fingerprint density at radius 2 is 1.90 bits per heavy atom. The van der Waals surface area contributed by atoms with Gasteiger partial charge in [0.1, 0.15) is 0 Å². The highest BCUT2D eigenvalue weighted by Crippen LogP contribution is 2.38. The predicted octanol–water partition coefficient (Wildman–Crippen LogP) is 2.92. The lowest BCUT2D eigenvalue weighted by molar-refractivity contribution is -0.139. The Hall–Kier alpha value is -1.81. The van der Waals surface area contributed by atoms with Crippen LogP contribution in [0.3, 0.4) is 0 Å². The summed E-state index contributed by atoms with van der Waals surface area (Å²) >= 11 is 0. The molecule has 0 spiro atoms. The van der Waals surface area contributed by atoms with Gasteiger partial charge in [-0.25, -0.2) is 0 Å². The zero-order valence-electron chi connectivity index (χ0n) is 12.0. The van der Waals surface area contributed by atoms with Gasteiger partial charge in [-0.05, 0) is 37.3 Å². The Bertz CT molecular complexity index is 495. The molecule has 4 heteroatoms. The molecular formula is C17H22O4. The molecule has 3 atom stereocenters. The van der Waals surface area contributed by atoms with Gasteiger partial charge in [0.15, 0.2) is 0 Å². The van der Waals surface area contributed by atoms with Gasteiger partial charge in [-0.2, -0.15) is 0 Å². The third-order valence-electron chi connectivity index (χ3n) is 4.20. The minimum atomic E-state index is -0.928. The molecule has 4 nitrogen and oxygen atoms in total. The average Bonchev–Trinajstić information content (AvgIpc) is 2.81. The predicted molar refractivity (Wildman–Crippen MR) is 79.9 cm³/mol. The second-order valence-electron chi connectivity index (χ2n) is 5.67. The average molecular weight is 290 g/mol. The molecule has 0 saturated heterocycles. The minimum absolute atomic E-state index is 0.0948. The van der Waals surface area contributed by atoms with E-state index in [1.807, 2.05) is 30.3 Å². The Morgan fingerprint density at radius 3 is 2.57 bits per heavy atom. The Kier molecular flexibility index (Phi) is 5.39. The number of aryl methyl sites for hydroxylation is 1. The summed E-state index contributed by atoms with van der Waals surface area (Å²) in [6, 6.07) is 10.0. The number of rotatable bonds is 6. The number of aliphatic hydroxyl groups is 2. The fourth-order valence-corrected chi connectivity index (χ4v) is 3.08. The van der Waals surface area contributed by atoms with E-state index in [1.54, 1.807) is 6.08 Å². The molecule has 1 fully saturated rings. The maximum atomic E-state index is 10.9. The number of carbonyl (C=O) groups is 1. The summed E-state index contributed by atoms with van der Waals surface area (Å²) in [6.07, 6.45) is 3.79. The van der Waals surface area contributed by atoms with Crippen molar-refractivity contribution >= 4 is 5.97 Å². The summed E-state index contributed by atoms with van der Waals surface area (Å²) in [5.74, 6) is -1.31. The van der Waals surface area contributed by atoms with Crippen LogP contribution in [0, 0.1) is 11.8 Å². The summed E-state index contributed by atoms with van der Waals surface area (Å²) in [5, 5.41) is 28.9. The van der Waals surface area contributed by atoms with Crippen molar-refractivity contribution in [2.45, 2.75) is 38.2 Å². The third-order valence-corrected chi connectivity index (χ3v) is 4.20. The van der Waals surface area contributed by atoms with Crippen LogP contribution in [0.15, 0.2) is 42.2 Å². The highest BCUT2D eigenvalue weighted by Gasteiger charge is 2.38. The van der Waals surface area contributed by atoms with Crippen molar-refractivity contribution in [3.8, 4) is 0 Å². The molecule has 0 amide bonds. The maximum absolute atomic E-state index is 10.9.